The number of esters is 1. The molecular formula is C25H19BrFN3O4S. The van der Waals surface area contributed by atoms with Crippen LogP contribution in [0.15, 0.2) is 68.0 Å². The monoisotopic (exact) mass is 555 g/mol. The van der Waals surface area contributed by atoms with E-state index in [-0.39, 0.29) is 24.3 Å². The van der Waals surface area contributed by atoms with Crippen molar-refractivity contribution in [2.75, 3.05) is 13.2 Å². The van der Waals surface area contributed by atoms with Gasteiger partial charge in [0.1, 0.15) is 17.6 Å². The molecule has 0 radical (unpaired) electrons. The molecule has 0 aliphatic carbocycles. The summed E-state index contributed by atoms with van der Waals surface area (Å²) in [6, 6.07) is 12.0. The van der Waals surface area contributed by atoms with Crippen molar-refractivity contribution in [2.45, 2.75) is 19.9 Å². The van der Waals surface area contributed by atoms with Gasteiger partial charge in [-0.2, -0.15) is 5.26 Å². The van der Waals surface area contributed by atoms with Crippen LogP contribution < -0.4 is 19.6 Å². The number of aromatic nitrogens is 1. The van der Waals surface area contributed by atoms with Gasteiger partial charge in [-0.1, -0.05) is 29.5 Å². The third-order valence-corrected chi connectivity index (χ3v) is 6.85. The minimum absolute atomic E-state index is 0.0813. The normalized spacial score (nSPS) is 15.3. The highest BCUT2D eigenvalue weighted by Crippen LogP contribution is 2.31. The quantitative estimate of drug-likeness (QED) is 0.433. The molecule has 0 saturated carbocycles. The first-order valence-corrected chi connectivity index (χ1v) is 12.2. The molecule has 0 bridgehead atoms. The van der Waals surface area contributed by atoms with E-state index in [2.05, 4.69) is 20.9 Å². The Morgan fingerprint density at radius 1 is 1.31 bits per heavy atom. The molecule has 0 N–H and O–H groups in total. The number of allylic oxidation sites excluding steroid dienone is 1. The minimum atomic E-state index is -0.804. The van der Waals surface area contributed by atoms with Crippen molar-refractivity contribution in [3.05, 3.63) is 94.8 Å². The molecule has 2 aromatic carbocycles. The predicted octanol–water partition coefficient (Wildman–Crippen LogP) is 3.60. The van der Waals surface area contributed by atoms with Crippen LogP contribution in [0.2, 0.25) is 0 Å². The number of hydrogen-bond donors (Lipinski definition) is 0. The van der Waals surface area contributed by atoms with Crippen molar-refractivity contribution in [3.8, 4) is 11.8 Å². The number of carbonyl (C=O) groups is 1. The van der Waals surface area contributed by atoms with Crippen molar-refractivity contribution in [2.24, 2.45) is 4.99 Å². The van der Waals surface area contributed by atoms with Gasteiger partial charge < -0.3 is 9.47 Å². The van der Waals surface area contributed by atoms with Crippen molar-refractivity contribution >= 4 is 39.3 Å². The number of halogens is 2. The van der Waals surface area contributed by atoms with Crippen LogP contribution in [0.3, 0.4) is 0 Å². The molecular weight excluding hydrogens is 537 g/mol. The molecule has 178 valence electrons. The van der Waals surface area contributed by atoms with Gasteiger partial charge in [-0.15, -0.1) is 0 Å². The first-order valence-electron chi connectivity index (χ1n) is 10.6. The van der Waals surface area contributed by atoms with E-state index >= 15 is 0 Å². The number of rotatable bonds is 6. The standard InChI is InChI=1S/C25H19BrFN3O4S/c1-3-33-24(32)21-14(2)29-25-30(22(21)16-5-7-17(27)8-6-16)23(31)20(35-25)13-15-4-9-19(18(26)12-15)34-11-10-28/h4-9,12-13,22H,3,11H2,1-2H3/b20-13-/t22-/m0/s1. The zero-order chi connectivity index (χ0) is 25.1. The Morgan fingerprint density at radius 2 is 2.06 bits per heavy atom. The Balaban J connectivity index is 1.87. The summed E-state index contributed by atoms with van der Waals surface area (Å²) >= 11 is 4.61. The van der Waals surface area contributed by atoms with Crippen LogP contribution in [0.25, 0.3) is 6.08 Å². The summed E-state index contributed by atoms with van der Waals surface area (Å²) in [6.45, 7) is 3.48. The van der Waals surface area contributed by atoms with E-state index in [9.17, 15) is 14.0 Å². The summed E-state index contributed by atoms with van der Waals surface area (Å²) in [7, 11) is 0. The molecule has 0 fully saturated rings. The summed E-state index contributed by atoms with van der Waals surface area (Å²) in [4.78, 5) is 31.4. The zero-order valence-electron chi connectivity index (χ0n) is 18.7. The highest BCUT2D eigenvalue weighted by atomic mass is 79.9. The Morgan fingerprint density at radius 3 is 2.71 bits per heavy atom. The Kier molecular flexibility index (Phi) is 7.28. The maximum Gasteiger partial charge on any atom is 0.338 e. The number of nitrogens with zero attached hydrogens (tertiary/aromatic N) is 3. The Labute approximate surface area is 212 Å². The van der Waals surface area contributed by atoms with Gasteiger partial charge in [-0.3, -0.25) is 9.36 Å². The fourth-order valence-electron chi connectivity index (χ4n) is 3.74. The van der Waals surface area contributed by atoms with E-state index in [1.165, 1.54) is 28.0 Å². The van der Waals surface area contributed by atoms with Crippen molar-refractivity contribution in [3.63, 3.8) is 0 Å². The van der Waals surface area contributed by atoms with Crippen molar-refractivity contribution < 1.29 is 18.7 Å². The van der Waals surface area contributed by atoms with E-state index in [1.807, 2.05) is 6.07 Å². The van der Waals surface area contributed by atoms with Crippen LogP contribution in [0.5, 0.6) is 5.75 Å². The summed E-state index contributed by atoms with van der Waals surface area (Å²) in [5.74, 6) is -0.488. The first kappa shape index (κ1) is 24.6. The van der Waals surface area contributed by atoms with Gasteiger partial charge in [0.05, 0.1) is 32.9 Å². The molecule has 0 spiro atoms. The van der Waals surface area contributed by atoms with E-state index < -0.39 is 17.8 Å². The second kappa shape index (κ2) is 10.4. The van der Waals surface area contributed by atoms with Gasteiger partial charge in [0.15, 0.2) is 11.4 Å². The molecule has 1 aromatic heterocycles. The molecule has 7 nitrogen and oxygen atoms in total. The summed E-state index contributed by atoms with van der Waals surface area (Å²) in [6.07, 6.45) is 1.72. The van der Waals surface area contributed by atoms with Gasteiger partial charge in [0.25, 0.3) is 5.56 Å². The van der Waals surface area contributed by atoms with E-state index in [0.717, 1.165) is 5.56 Å². The molecule has 2 heterocycles. The van der Waals surface area contributed by atoms with Gasteiger partial charge >= 0.3 is 5.97 Å². The van der Waals surface area contributed by atoms with Crippen molar-refractivity contribution in [1.29, 1.82) is 5.26 Å². The number of thiazole rings is 1. The van der Waals surface area contributed by atoms with Crippen molar-refractivity contribution in [1.82, 2.24) is 4.57 Å². The number of hydrogen-bond acceptors (Lipinski definition) is 7. The molecule has 0 saturated heterocycles. The Hall–Kier alpha value is -3.55. The molecule has 0 unspecified atom stereocenters. The molecule has 35 heavy (non-hydrogen) atoms. The highest BCUT2D eigenvalue weighted by Gasteiger charge is 2.33. The fraction of sp³-hybridized carbons (Fsp3) is 0.200. The van der Waals surface area contributed by atoms with E-state index in [0.29, 0.717) is 30.8 Å². The lowest BCUT2D eigenvalue weighted by Gasteiger charge is -2.24. The van der Waals surface area contributed by atoms with Crippen LogP contribution in [0.1, 0.15) is 31.0 Å². The van der Waals surface area contributed by atoms with Crippen LogP contribution in [0.4, 0.5) is 4.39 Å². The Bertz CT molecular complexity index is 1550. The minimum Gasteiger partial charge on any atom is -0.478 e. The summed E-state index contributed by atoms with van der Waals surface area (Å²) < 4.78 is 26.7. The highest BCUT2D eigenvalue weighted by molar-refractivity contribution is 9.10. The molecule has 10 heteroatoms. The van der Waals surface area contributed by atoms with Gasteiger partial charge in [-0.05, 0) is 71.2 Å². The number of fused-ring (bicyclic) bond motifs is 1. The smallest absolute Gasteiger partial charge is 0.338 e. The lowest BCUT2D eigenvalue weighted by molar-refractivity contribution is -0.139. The number of benzene rings is 2. The molecule has 0 amide bonds. The third kappa shape index (κ3) is 4.97. The average molecular weight is 556 g/mol. The van der Waals surface area contributed by atoms with Gasteiger partial charge in [0.2, 0.25) is 0 Å². The molecule has 3 aromatic rings. The average Bonchev–Trinajstić information content (AvgIpc) is 3.12. The maximum absolute atomic E-state index is 13.6. The second-order valence-corrected chi connectivity index (χ2v) is 9.35. The summed E-state index contributed by atoms with van der Waals surface area (Å²) in [5, 5.41) is 8.71. The van der Waals surface area contributed by atoms with Crippen LogP contribution in [0, 0.1) is 17.1 Å². The van der Waals surface area contributed by atoms with Crippen LogP contribution in [-0.2, 0) is 9.53 Å². The lowest BCUT2D eigenvalue weighted by atomic mass is 9.96. The van der Waals surface area contributed by atoms with Crippen LogP contribution >= 0.6 is 27.3 Å². The summed E-state index contributed by atoms with van der Waals surface area (Å²) in [5.41, 5.74) is 1.63. The lowest BCUT2D eigenvalue weighted by Crippen LogP contribution is -2.39. The van der Waals surface area contributed by atoms with Gasteiger partial charge in [-0.25, -0.2) is 14.2 Å². The zero-order valence-corrected chi connectivity index (χ0v) is 21.2. The number of nitriles is 1. The second-order valence-electron chi connectivity index (χ2n) is 7.49. The topological polar surface area (TPSA) is 93.7 Å². The molecule has 1 aliphatic heterocycles. The fourth-order valence-corrected chi connectivity index (χ4v) is 5.29. The van der Waals surface area contributed by atoms with Gasteiger partial charge in [0, 0.05) is 0 Å². The molecule has 1 aliphatic rings. The molecule has 1 atom stereocenters. The predicted molar refractivity (Wildman–Crippen MR) is 132 cm³/mol. The maximum atomic E-state index is 13.6. The first-order chi connectivity index (χ1) is 16.8. The van der Waals surface area contributed by atoms with E-state index in [4.69, 9.17) is 14.7 Å². The van der Waals surface area contributed by atoms with Crippen LogP contribution in [-0.4, -0.2) is 23.8 Å². The molecule has 4 rings (SSSR count). The third-order valence-electron chi connectivity index (χ3n) is 5.25. The SMILES string of the molecule is CCOC(=O)C1=C(C)N=c2s/c(=C\c3ccc(OCC#N)c(Br)c3)c(=O)n2[C@H]1c1ccc(F)cc1. The van der Waals surface area contributed by atoms with E-state index in [1.54, 1.807) is 50.3 Å². The largest absolute Gasteiger partial charge is 0.478 e. The number of ether oxygens (including phenoxy) is 2. The number of carbonyl (C=O) groups excluding carboxylic acids is 1.